The first-order valence-corrected chi connectivity index (χ1v) is 14.4. The Labute approximate surface area is 204 Å². The van der Waals surface area contributed by atoms with Crippen molar-refractivity contribution >= 4 is 31.3 Å². The average Bonchev–Trinajstić information content (AvgIpc) is 3.24. The van der Waals surface area contributed by atoms with E-state index in [1.54, 1.807) is 28.8 Å². The van der Waals surface area contributed by atoms with Gasteiger partial charge in [0.15, 0.2) is 25.5 Å². The van der Waals surface area contributed by atoms with Crippen LogP contribution in [-0.2, 0) is 19.6 Å². The zero-order chi connectivity index (χ0) is 25.4. The first-order valence-electron chi connectivity index (χ1n) is 11.5. The van der Waals surface area contributed by atoms with Gasteiger partial charge >= 0.3 is 5.97 Å². The van der Waals surface area contributed by atoms with Gasteiger partial charge in [0.25, 0.3) is 0 Å². The number of aromatic nitrogens is 4. The topological polar surface area (TPSA) is 114 Å². The van der Waals surface area contributed by atoms with Gasteiger partial charge in [-0.15, -0.1) is 0 Å². The number of hydrogen-bond acceptors (Lipinski definition) is 8. The summed E-state index contributed by atoms with van der Waals surface area (Å²) < 4.78 is 34.5. The maximum atomic E-state index is 14.8. The summed E-state index contributed by atoms with van der Waals surface area (Å²) in [6.45, 7) is 10.0. The molecule has 2 aromatic heterocycles. The minimum atomic E-state index is -2.16. The van der Waals surface area contributed by atoms with Crippen molar-refractivity contribution in [1.82, 2.24) is 19.5 Å². The number of nitrogen functional groups attached to an aromatic ring is 1. The van der Waals surface area contributed by atoms with E-state index >= 15 is 0 Å². The van der Waals surface area contributed by atoms with Crippen molar-refractivity contribution < 1.29 is 23.1 Å². The molecule has 1 aromatic carbocycles. The zero-order valence-corrected chi connectivity index (χ0v) is 21.7. The van der Waals surface area contributed by atoms with Crippen LogP contribution in [0.25, 0.3) is 11.2 Å². The fourth-order valence-corrected chi connectivity index (χ4v) is 4.96. The Morgan fingerprint density at radius 1 is 1.20 bits per heavy atom. The summed E-state index contributed by atoms with van der Waals surface area (Å²) in [6.07, 6.45) is 2.20. The van der Waals surface area contributed by atoms with Crippen LogP contribution in [0, 0.1) is 5.92 Å². The van der Waals surface area contributed by atoms with Crippen molar-refractivity contribution in [2.75, 3.05) is 25.6 Å². The van der Waals surface area contributed by atoms with E-state index in [1.807, 2.05) is 6.07 Å². The SMILES string of the molecule is CC(C)(C)[Si](C)(C)OC[C@@H]1[C@@H](COC(=O)c2ccccc2)OC1(CF)n1cnc2c(N)ncnc21. The van der Waals surface area contributed by atoms with E-state index in [-0.39, 0.29) is 24.1 Å². The van der Waals surface area contributed by atoms with Crippen LogP contribution in [0.2, 0.25) is 18.1 Å². The number of halogens is 1. The van der Waals surface area contributed by atoms with Gasteiger partial charge in [-0.1, -0.05) is 39.0 Å². The molecule has 1 aliphatic rings. The number of imidazole rings is 1. The predicted octanol–water partition coefficient (Wildman–Crippen LogP) is 3.92. The van der Waals surface area contributed by atoms with Crippen LogP contribution in [-0.4, -0.2) is 59.8 Å². The number of ether oxygens (including phenoxy) is 2. The minimum absolute atomic E-state index is 0.0331. The third-order valence-corrected chi connectivity index (χ3v) is 11.7. The quantitative estimate of drug-likeness (QED) is 0.365. The van der Waals surface area contributed by atoms with E-state index in [1.165, 1.54) is 12.7 Å². The molecule has 3 atom stereocenters. The number of carbonyl (C=O) groups is 1. The Hall–Kier alpha value is -2.89. The van der Waals surface area contributed by atoms with Crippen LogP contribution >= 0.6 is 0 Å². The number of carbonyl (C=O) groups excluding carboxylic acids is 1. The molecule has 1 aliphatic heterocycles. The fraction of sp³-hybridized carbons (Fsp3) is 0.500. The van der Waals surface area contributed by atoms with Gasteiger partial charge in [-0.25, -0.2) is 24.1 Å². The molecule has 3 heterocycles. The standard InChI is InChI=1S/C24H32FN5O4Si/c1-23(2,3)35(4,5)33-11-17-18(12-32-22(31)16-9-7-6-8-10-16)34-24(17,13-25)30-15-29-19-20(26)27-14-28-21(19)30/h6-10,14-15,17-18H,11-13H2,1-5H3,(H2,26,27,28)/t17-,18-,24?/m1/s1. The van der Waals surface area contributed by atoms with E-state index in [0.717, 1.165) is 0 Å². The van der Waals surface area contributed by atoms with Crippen LogP contribution < -0.4 is 5.73 Å². The number of hydrogen-bond donors (Lipinski definition) is 1. The Morgan fingerprint density at radius 3 is 2.57 bits per heavy atom. The summed E-state index contributed by atoms with van der Waals surface area (Å²) >= 11 is 0. The van der Waals surface area contributed by atoms with Gasteiger partial charge < -0.3 is 19.6 Å². The van der Waals surface area contributed by atoms with Crippen LogP contribution in [0.1, 0.15) is 31.1 Å². The number of nitrogens with zero attached hydrogens (tertiary/aromatic N) is 4. The van der Waals surface area contributed by atoms with Gasteiger partial charge in [-0.3, -0.25) is 4.57 Å². The van der Waals surface area contributed by atoms with Gasteiger partial charge in [0.05, 0.1) is 17.8 Å². The summed E-state index contributed by atoms with van der Waals surface area (Å²) in [4.78, 5) is 25.0. The normalized spacial score (nSPS) is 22.7. The molecular formula is C24H32FN5O4Si. The van der Waals surface area contributed by atoms with Gasteiger partial charge in [-0.2, -0.15) is 0 Å². The molecule has 0 aliphatic carbocycles. The first-order chi connectivity index (χ1) is 16.5. The highest BCUT2D eigenvalue weighted by Gasteiger charge is 2.59. The van der Waals surface area contributed by atoms with Crippen molar-refractivity contribution in [3.8, 4) is 0 Å². The lowest BCUT2D eigenvalue weighted by molar-refractivity contribution is -0.326. The van der Waals surface area contributed by atoms with Crippen molar-refractivity contribution in [2.24, 2.45) is 5.92 Å². The van der Waals surface area contributed by atoms with E-state index in [9.17, 15) is 9.18 Å². The molecule has 35 heavy (non-hydrogen) atoms. The van der Waals surface area contributed by atoms with E-state index in [2.05, 4.69) is 48.8 Å². The van der Waals surface area contributed by atoms with Crippen molar-refractivity contribution in [2.45, 2.75) is 50.7 Å². The lowest BCUT2D eigenvalue weighted by Crippen LogP contribution is -2.66. The Kier molecular flexibility index (Phi) is 6.69. The molecule has 11 heteroatoms. The maximum absolute atomic E-state index is 14.8. The molecular weight excluding hydrogens is 469 g/mol. The number of rotatable bonds is 8. The van der Waals surface area contributed by atoms with Gasteiger partial charge in [0, 0.05) is 6.61 Å². The number of nitrogens with two attached hydrogens (primary N) is 1. The Balaban J connectivity index is 1.61. The lowest BCUT2D eigenvalue weighted by Gasteiger charge is -2.54. The number of alkyl halides is 1. The van der Waals surface area contributed by atoms with E-state index in [4.69, 9.17) is 19.6 Å². The second-order valence-electron chi connectivity index (χ2n) is 10.3. The highest BCUT2D eigenvalue weighted by atomic mass is 28.4. The largest absolute Gasteiger partial charge is 0.459 e. The van der Waals surface area contributed by atoms with Crippen LogP contribution in [0.4, 0.5) is 10.2 Å². The molecule has 1 saturated heterocycles. The third-order valence-electron chi connectivity index (χ3n) is 7.16. The molecule has 0 radical (unpaired) electrons. The van der Waals surface area contributed by atoms with Crippen LogP contribution in [0.15, 0.2) is 43.0 Å². The summed E-state index contributed by atoms with van der Waals surface area (Å²) in [5.41, 5.74) is 5.69. The third kappa shape index (κ3) is 4.55. The zero-order valence-electron chi connectivity index (χ0n) is 20.7. The Morgan fingerprint density at radius 2 is 1.91 bits per heavy atom. The molecule has 0 bridgehead atoms. The predicted molar refractivity (Wildman–Crippen MR) is 132 cm³/mol. The number of esters is 1. The molecule has 188 valence electrons. The smallest absolute Gasteiger partial charge is 0.338 e. The van der Waals surface area contributed by atoms with Crippen LogP contribution in [0.3, 0.4) is 0 Å². The van der Waals surface area contributed by atoms with Gasteiger partial charge in [-0.05, 0) is 30.3 Å². The summed E-state index contributed by atoms with van der Waals surface area (Å²) in [6, 6.07) is 8.70. The molecule has 3 aromatic rings. The average molecular weight is 502 g/mol. The molecule has 1 unspecified atom stereocenters. The molecule has 4 rings (SSSR count). The highest BCUT2D eigenvalue weighted by Crippen LogP contribution is 2.47. The van der Waals surface area contributed by atoms with Gasteiger partial charge in [0.1, 0.15) is 31.2 Å². The minimum Gasteiger partial charge on any atom is -0.459 e. The second-order valence-corrected chi connectivity index (χ2v) is 15.1. The molecule has 9 nitrogen and oxygen atoms in total. The van der Waals surface area contributed by atoms with E-state index < -0.39 is 38.7 Å². The fourth-order valence-electron chi connectivity index (χ4n) is 3.93. The van der Waals surface area contributed by atoms with Crippen molar-refractivity contribution in [1.29, 1.82) is 0 Å². The molecule has 0 spiro atoms. The summed E-state index contributed by atoms with van der Waals surface area (Å²) in [5, 5.41) is -0.0331. The van der Waals surface area contributed by atoms with Crippen molar-refractivity contribution in [3.63, 3.8) is 0 Å². The van der Waals surface area contributed by atoms with E-state index in [0.29, 0.717) is 16.7 Å². The number of fused-ring (bicyclic) bond motifs is 1. The molecule has 2 N–H and O–H groups in total. The Bertz CT molecular complexity index is 1200. The van der Waals surface area contributed by atoms with Gasteiger partial charge in [0.2, 0.25) is 0 Å². The van der Waals surface area contributed by atoms with Crippen molar-refractivity contribution in [3.05, 3.63) is 48.5 Å². The highest BCUT2D eigenvalue weighted by molar-refractivity contribution is 6.74. The van der Waals surface area contributed by atoms with Crippen LogP contribution in [0.5, 0.6) is 0 Å². The second kappa shape index (κ2) is 9.28. The molecule has 0 amide bonds. The first kappa shape index (κ1) is 25.2. The summed E-state index contributed by atoms with van der Waals surface area (Å²) in [7, 11) is -2.16. The molecule has 0 saturated carbocycles. The lowest BCUT2D eigenvalue weighted by atomic mass is 9.84. The number of benzene rings is 1. The maximum Gasteiger partial charge on any atom is 0.338 e. The monoisotopic (exact) mass is 501 g/mol. The summed E-state index contributed by atoms with van der Waals surface area (Å²) in [5.74, 6) is -0.729. The number of anilines is 1. The molecule has 1 fully saturated rings.